The van der Waals surface area contributed by atoms with Crippen molar-refractivity contribution in [2.24, 2.45) is 0 Å². The SMILES string of the molecule is Cc1ccc(C)c(S(=O)(=O)Oc2ccc(C(=O)Nc3cc(C(=O)NC4CC4)ccc3C)cc2)c1. The van der Waals surface area contributed by atoms with Crippen LogP contribution in [0.5, 0.6) is 5.75 Å². The average molecular weight is 479 g/mol. The largest absolute Gasteiger partial charge is 0.379 e. The molecule has 1 saturated carbocycles. The first-order chi connectivity index (χ1) is 16.1. The van der Waals surface area contributed by atoms with Crippen LogP contribution in [-0.4, -0.2) is 26.3 Å². The van der Waals surface area contributed by atoms with Crippen molar-refractivity contribution in [3.8, 4) is 5.75 Å². The zero-order chi connectivity index (χ0) is 24.5. The van der Waals surface area contributed by atoms with E-state index in [-0.39, 0.29) is 28.5 Å². The fraction of sp³-hybridized carbons (Fsp3) is 0.231. The van der Waals surface area contributed by atoms with Crippen molar-refractivity contribution in [1.82, 2.24) is 5.32 Å². The third kappa shape index (κ3) is 5.46. The molecule has 4 rings (SSSR count). The minimum absolute atomic E-state index is 0.104. The van der Waals surface area contributed by atoms with E-state index < -0.39 is 10.1 Å². The quantitative estimate of drug-likeness (QED) is 0.486. The summed E-state index contributed by atoms with van der Waals surface area (Å²) < 4.78 is 30.7. The van der Waals surface area contributed by atoms with Crippen LogP contribution in [0, 0.1) is 20.8 Å². The van der Waals surface area contributed by atoms with Crippen LogP contribution in [-0.2, 0) is 10.1 Å². The summed E-state index contributed by atoms with van der Waals surface area (Å²) in [6, 6.07) is 16.4. The highest BCUT2D eigenvalue weighted by atomic mass is 32.2. The van der Waals surface area contributed by atoms with Gasteiger partial charge in [0.05, 0.1) is 0 Å². The van der Waals surface area contributed by atoms with Gasteiger partial charge in [-0.3, -0.25) is 9.59 Å². The van der Waals surface area contributed by atoms with Gasteiger partial charge in [0.25, 0.3) is 11.8 Å². The lowest BCUT2D eigenvalue weighted by Crippen LogP contribution is -2.25. The van der Waals surface area contributed by atoms with Gasteiger partial charge in [-0.25, -0.2) is 0 Å². The second-order valence-corrected chi connectivity index (χ2v) is 10.1. The van der Waals surface area contributed by atoms with E-state index in [2.05, 4.69) is 10.6 Å². The van der Waals surface area contributed by atoms with Crippen LogP contribution in [0.15, 0.2) is 65.6 Å². The summed E-state index contributed by atoms with van der Waals surface area (Å²) in [6.45, 7) is 5.35. The first kappa shape index (κ1) is 23.5. The third-order valence-corrected chi connectivity index (χ3v) is 6.99. The molecule has 0 aromatic heterocycles. The maximum absolute atomic E-state index is 12.8. The molecule has 7 nitrogen and oxygen atoms in total. The standard InChI is InChI=1S/C26H26N2O5S/c1-16-4-5-18(3)24(14-16)34(31,32)33-22-12-8-19(9-13-22)25(29)28-23-15-20(7-6-17(23)2)26(30)27-21-10-11-21/h4-9,12-15,21H,10-11H2,1-3H3,(H,27,30)(H,28,29). The number of carbonyl (C=O) groups excluding carboxylic acids is 2. The Labute approximate surface area is 199 Å². The summed E-state index contributed by atoms with van der Waals surface area (Å²) in [5.41, 5.74) is 3.55. The predicted octanol–water partition coefficient (Wildman–Crippen LogP) is 4.52. The topological polar surface area (TPSA) is 102 Å². The molecular weight excluding hydrogens is 452 g/mol. The normalized spacial score (nSPS) is 13.3. The summed E-state index contributed by atoms with van der Waals surface area (Å²) in [7, 11) is -4.01. The molecule has 1 aliphatic carbocycles. The van der Waals surface area contributed by atoms with E-state index in [9.17, 15) is 18.0 Å². The zero-order valence-electron chi connectivity index (χ0n) is 19.2. The second-order valence-electron chi connectivity index (χ2n) is 8.56. The van der Waals surface area contributed by atoms with Crippen molar-refractivity contribution < 1.29 is 22.2 Å². The van der Waals surface area contributed by atoms with Crippen molar-refractivity contribution in [1.29, 1.82) is 0 Å². The van der Waals surface area contributed by atoms with Gasteiger partial charge in [0.15, 0.2) is 0 Å². The lowest BCUT2D eigenvalue weighted by atomic mass is 10.1. The average Bonchev–Trinajstić information content (AvgIpc) is 3.61. The predicted molar refractivity (Wildman–Crippen MR) is 130 cm³/mol. The highest BCUT2D eigenvalue weighted by Gasteiger charge is 2.24. The Balaban J connectivity index is 1.46. The molecular formula is C26H26N2O5S. The minimum Gasteiger partial charge on any atom is -0.379 e. The lowest BCUT2D eigenvalue weighted by Gasteiger charge is -2.12. The summed E-state index contributed by atoms with van der Waals surface area (Å²) in [5, 5.41) is 5.75. The Morgan fingerprint density at radius 3 is 2.15 bits per heavy atom. The zero-order valence-corrected chi connectivity index (χ0v) is 20.0. The van der Waals surface area contributed by atoms with Crippen molar-refractivity contribution in [3.63, 3.8) is 0 Å². The van der Waals surface area contributed by atoms with E-state index in [1.807, 2.05) is 19.9 Å². The van der Waals surface area contributed by atoms with Crippen LogP contribution < -0.4 is 14.8 Å². The molecule has 0 unspecified atom stereocenters. The third-order valence-electron chi connectivity index (χ3n) is 5.60. The fourth-order valence-corrected chi connectivity index (χ4v) is 4.65. The van der Waals surface area contributed by atoms with Gasteiger partial charge in [-0.2, -0.15) is 8.42 Å². The Hall–Kier alpha value is -3.65. The van der Waals surface area contributed by atoms with Gasteiger partial charge in [0, 0.05) is 22.9 Å². The Morgan fingerprint density at radius 2 is 1.47 bits per heavy atom. The summed E-state index contributed by atoms with van der Waals surface area (Å²) in [5.74, 6) is -0.441. The molecule has 0 heterocycles. The first-order valence-electron chi connectivity index (χ1n) is 11.0. The lowest BCUT2D eigenvalue weighted by molar-refractivity contribution is 0.0949. The van der Waals surface area contributed by atoms with Gasteiger partial charge in [-0.15, -0.1) is 0 Å². The Kier molecular flexibility index (Phi) is 6.43. The molecule has 176 valence electrons. The highest BCUT2D eigenvalue weighted by Crippen LogP contribution is 2.24. The number of aryl methyl sites for hydroxylation is 3. The number of hydrogen-bond acceptors (Lipinski definition) is 5. The minimum atomic E-state index is -4.01. The van der Waals surface area contributed by atoms with E-state index in [1.165, 1.54) is 24.3 Å². The maximum Gasteiger partial charge on any atom is 0.339 e. The van der Waals surface area contributed by atoms with Crippen LogP contribution in [0.3, 0.4) is 0 Å². The molecule has 0 saturated heterocycles. The van der Waals surface area contributed by atoms with E-state index >= 15 is 0 Å². The number of anilines is 1. The number of rotatable bonds is 7. The second kappa shape index (κ2) is 9.30. The van der Waals surface area contributed by atoms with Crippen LogP contribution in [0.4, 0.5) is 5.69 Å². The van der Waals surface area contributed by atoms with Gasteiger partial charge in [0.2, 0.25) is 0 Å². The van der Waals surface area contributed by atoms with E-state index in [0.29, 0.717) is 22.4 Å². The van der Waals surface area contributed by atoms with Gasteiger partial charge in [-0.05, 0) is 92.8 Å². The molecule has 0 bridgehead atoms. The maximum atomic E-state index is 12.8. The molecule has 3 aromatic carbocycles. The molecule has 1 aliphatic rings. The Bertz CT molecular complexity index is 1360. The molecule has 2 amide bonds. The molecule has 3 aromatic rings. The van der Waals surface area contributed by atoms with Crippen LogP contribution in [0.1, 0.15) is 50.2 Å². The van der Waals surface area contributed by atoms with E-state index in [1.54, 1.807) is 37.3 Å². The summed E-state index contributed by atoms with van der Waals surface area (Å²) >= 11 is 0. The molecule has 2 N–H and O–H groups in total. The number of benzene rings is 3. The van der Waals surface area contributed by atoms with Crippen molar-refractivity contribution in [2.45, 2.75) is 44.6 Å². The summed E-state index contributed by atoms with van der Waals surface area (Å²) in [6.07, 6.45) is 1.99. The highest BCUT2D eigenvalue weighted by molar-refractivity contribution is 7.87. The summed E-state index contributed by atoms with van der Waals surface area (Å²) in [4.78, 5) is 25.2. The van der Waals surface area contributed by atoms with Crippen LogP contribution >= 0.6 is 0 Å². The molecule has 0 radical (unpaired) electrons. The van der Waals surface area contributed by atoms with Crippen molar-refractivity contribution in [3.05, 3.63) is 88.5 Å². The van der Waals surface area contributed by atoms with Crippen molar-refractivity contribution in [2.75, 3.05) is 5.32 Å². The molecule has 0 spiro atoms. The monoisotopic (exact) mass is 478 g/mol. The van der Waals surface area contributed by atoms with Gasteiger partial charge >= 0.3 is 10.1 Å². The van der Waals surface area contributed by atoms with Gasteiger partial charge < -0.3 is 14.8 Å². The van der Waals surface area contributed by atoms with Gasteiger partial charge in [0.1, 0.15) is 10.6 Å². The molecule has 8 heteroatoms. The van der Waals surface area contributed by atoms with Crippen molar-refractivity contribution >= 4 is 27.6 Å². The smallest absolute Gasteiger partial charge is 0.339 e. The number of amides is 2. The number of hydrogen-bond donors (Lipinski definition) is 2. The fourth-order valence-electron chi connectivity index (χ4n) is 3.40. The molecule has 34 heavy (non-hydrogen) atoms. The molecule has 0 aliphatic heterocycles. The molecule has 1 fully saturated rings. The van der Waals surface area contributed by atoms with Gasteiger partial charge in [-0.1, -0.05) is 18.2 Å². The Morgan fingerprint density at radius 1 is 0.824 bits per heavy atom. The van der Waals surface area contributed by atoms with E-state index in [4.69, 9.17) is 4.18 Å². The first-order valence-corrected chi connectivity index (χ1v) is 12.4. The number of nitrogens with one attached hydrogen (secondary N) is 2. The number of carbonyl (C=O) groups is 2. The molecule has 0 atom stereocenters. The van der Waals surface area contributed by atoms with Crippen LogP contribution in [0.25, 0.3) is 0 Å². The van der Waals surface area contributed by atoms with E-state index in [0.717, 1.165) is 24.0 Å². The van der Waals surface area contributed by atoms with Crippen LogP contribution in [0.2, 0.25) is 0 Å².